The van der Waals surface area contributed by atoms with Crippen molar-refractivity contribution >= 4 is 43.9 Å². The maximum atomic E-state index is 6.72. The summed E-state index contributed by atoms with van der Waals surface area (Å²) < 4.78 is 13.3. The van der Waals surface area contributed by atoms with Gasteiger partial charge in [0.1, 0.15) is 22.3 Å². The fraction of sp³-hybridized carbons (Fsp3) is 0.0870. The lowest BCUT2D eigenvalue weighted by Gasteiger charge is -2.16. The molecule has 2 aromatic heterocycles. The van der Waals surface area contributed by atoms with Crippen molar-refractivity contribution in [2.24, 2.45) is 0 Å². The molecule has 2 heterocycles. The second-order valence-electron chi connectivity index (χ2n) is 12.8. The number of hydrogen-bond donors (Lipinski definition) is 0. The van der Waals surface area contributed by atoms with Gasteiger partial charge >= 0.3 is 0 Å². The molecule has 9 rings (SSSR count). The van der Waals surface area contributed by atoms with E-state index in [-0.39, 0.29) is 0 Å². The Kier molecular flexibility index (Phi) is 6.76. The van der Waals surface area contributed by atoms with Crippen molar-refractivity contribution in [2.45, 2.75) is 26.7 Å². The average Bonchev–Trinajstić information content (AvgIpc) is 3.69. The van der Waals surface area contributed by atoms with Gasteiger partial charge in [0.25, 0.3) is 0 Å². The molecule has 230 valence electrons. The van der Waals surface area contributed by atoms with Crippen molar-refractivity contribution < 1.29 is 8.83 Å². The van der Waals surface area contributed by atoms with Crippen LogP contribution in [-0.4, -0.2) is 0 Å². The summed E-state index contributed by atoms with van der Waals surface area (Å²) in [5, 5.41) is 4.42. The highest BCUT2D eigenvalue weighted by atomic mass is 16.3. The number of fused-ring (bicyclic) bond motifs is 6. The van der Waals surface area contributed by atoms with Gasteiger partial charge in [-0.25, -0.2) is 0 Å². The van der Waals surface area contributed by atoms with Crippen LogP contribution in [0.5, 0.6) is 0 Å². The molecule has 0 unspecified atom stereocenters. The van der Waals surface area contributed by atoms with E-state index in [2.05, 4.69) is 153 Å². The number of furan rings is 2. The molecule has 7 aromatic carbocycles. The number of hydrogen-bond acceptors (Lipinski definition) is 2. The van der Waals surface area contributed by atoms with Crippen LogP contribution < -0.4 is 0 Å². The van der Waals surface area contributed by atoms with Crippen molar-refractivity contribution in [3.63, 3.8) is 0 Å². The Morgan fingerprint density at radius 1 is 0.417 bits per heavy atom. The van der Waals surface area contributed by atoms with E-state index in [1.165, 1.54) is 33.4 Å². The molecule has 0 bridgehead atoms. The molecule has 0 aliphatic heterocycles. The molecule has 0 saturated carbocycles. The standard InChI is InChI=1S/C46H34O2/c1-3-12-31-23-24-34(26-40(31)39-25-33(22-21-29(39)2)30-13-6-4-7-14-30)36-18-11-20-38-42-27-41-37-19-10-17-35(32-15-8-5-9-16-32)45(37)47-43(41)28-44(42)48-46(36)38/h4-11,13-28H,3,12H2,1-2H3. The molecule has 0 spiro atoms. The van der Waals surface area contributed by atoms with E-state index in [0.29, 0.717) is 0 Å². The summed E-state index contributed by atoms with van der Waals surface area (Å²) in [5.41, 5.74) is 15.6. The Balaban J connectivity index is 1.20. The van der Waals surface area contributed by atoms with Gasteiger partial charge in [0, 0.05) is 38.7 Å². The van der Waals surface area contributed by atoms with Crippen LogP contribution in [-0.2, 0) is 6.42 Å². The van der Waals surface area contributed by atoms with E-state index in [4.69, 9.17) is 8.83 Å². The van der Waals surface area contributed by atoms with E-state index in [1.54, 1.807) is 0 Å². The molecular formula is C46H34O2. The summed E-state index contributed by atoms with van der Waals surface area (Å²) in [6, 6.07) is 52.1. The molecule has 0 N–H and O–H groups in total. The minimum Gasteiger partial charge on any atom is -0.455 e. The Morgan fingerprint density at radius 2 is 1.00 bits per heavy atom. The van der Waals surface area contributed by atoms with Gasteiger partial charge < -0.3 is 8.83 Å². The minimum absolute atomic E-state index is 0.833. The molecule has 0 aliphatic carbocycles. The predicted octanol–water partition coefficient (Wildman–Crippen LogP) is 13.4. The van der Waals surface area contributed by atoms with Crippen LogP contribution in [0.2, 0.25) is 0 Å². The maximum absolute atomic E-state index is 6.72. The lowest BCUT2D eigenvalue weighted by Crippen LogP contribution is -1.94. The lowest BCUT2D eigenvalue weighted by molar-refractivity contribution is 0.657. The number of rotatable bonds is 6. The fourth-order valence-corrected chi connectivity index (χ4v) is 7.37. The summed E-state index contributed by atoms with van der Waals surface area (Å²) in [5.74, 6) is 0. The number of aryl methyl sites for hydroxylation is 2. The van der Waals surface area contributed by atoms with E-state index >= 15 is 0 Å². The highest BCUT2D eigenvalue weighted by molar-refractivity contribution is 6.18. The third-order valence-corrected chi connectivity index (χ3v) is 9.78. The molecule has 0 fully saturated rings. The molecule has 0 atom stereocenters. The van der Waals surface area contributed by atoms with Gasteiger partial charge in [0.2, 0.25) is 0 Å². The normalized spacial score (nSPS) is 11.7. The molecule has 0 saturated heterocycles. The zero-order valence-corrected chi connectivity index (χ0v) is 27.1. The highest BCUT2D eigenvalue weighted by Gasteiger charge is 2.19. The lowest BCUT2D eigenvalue weighted by atomic mass is 9.88. The summed E-state index contributed by atoms with van der Waals surface area (Å²) in [4.78, 5) is 0. The second-order valence-corrected chi connectivity index (χ2v) is 12.8. The van der Waals surface area contributed by atoms with E-state index in [0.717, 1.165) is 79.0 Å². The third-order valence-electron chi connectivity index (χ3n) is 9.78. The van der Waals surface area contributed by atoms with Crippen LogP contribution >= 0.6 is 0 Å². The zero-order chi connectivity index (χ0) is 32.2. The Morgan fingerprint density at radius 3 is 1.65 bits per heavy atom. The van der Waals surface area contributed by atoms with Crippen LogP contribution in [0.15, 0.2) is 154 Å². The van der Waals surface area contributed by atoms with Crippen molar-refractivity contribution in [1.82, 2.24) is 0 Å². The van der Waals surface area contributed by atoms with E-state index < -0.39 is 0 Å². The van der Waals surface area contributed by atoms with Crippen molar-refractivity contribution in [3.8, 4) is 44.5 Å². The topological polar surface area (TPSA) is 26.3 Å². The molecule has 9 aromatic rings. The van der Waals surface area contributed by atoms with Gasteiger partial charge in [0.15, 0.2) is 0 Å². The predicted molar refractivity (Wildman–Crippen MR) is 201 cm³/mol. The van der Waals surface area contributed by atoms with Gasteiger partial charge in [0.05, 0.1) is 0 Å². The number of benzene rings is 7. The van der Waals surface area contributed by atoms with Crippen LogP contribution in [0.3, 0.4) is 0 Å². The Labute approximate surface area is 279 Å². The van der Waals surface area contributed by atoms with Gasteiger partial charge in [-0.05, 0) is 76.1 Å². The Bertz CT molecular complexity index is 2620. The molecule has 48 heavy (non-hydrogen) atoms. The average molecular weight is 619 g/mol. The summed E-state index contributed by atoms with van der Waals surface area (Å²) >= 11 is 0. The third kappa shape index (κ3) is 4.64. The van der Waals surface area contributed by atoms with Gasteiger partial charge in [-0.15, -0.1) is 0 Å². The molecular weight excluding hydrogens is 585 g/mol. The van der Waals surface area contributed by atoms with Crippen molar-refractivity contribution in [1.29, 1.82) is 0 Å². The molecule has 2 heteroatoms. The van der Waals surface area contributed by atoms with Crippen LogP contribution in [0.25, 0.3) is 88.4 Å². The molecule has 0 aliphatic rings. The summed E-state index contributed by atoms with van der Waals surface area (Å²) in [6.07, 6.45) is 2.12. The first-order chi connectivity index (χ1) is 23.7. The summed E-state index contributed by atoms with van der Waals surface area (Å²) in [7, 11) is 0. The molecule has 0 amide bonds. The van der Waals surface area contributed by atoms with Crippen molar-refractivity contribution in [2.75, 3.05) is 0 Å². The monoisotopic (exact) mass is 618 g/mol. The SMILES string of the molecule is CCCc1ccc(-c2cccc3c2oc2cc4oc5c(-c6ccccc6)cccc5c4cc23)cc1-c1cc(-c2ccccc2)ccc1C. The van der Waals surface area contributed by atoms with Crippen LogP contribution in [0, 0.1) is 6.92 Å². The largest absolute Gasteiger partial charge is 0.455 e. The molecule has 2 nitrogen and oxygen atoms in total. The van der Waals surface area contributed by atoms with Gasteiger partial charge in [-0.3, -0.25) is 0 Å². The van der Waals surface area contributed by atoms with Gasteiger partial charge in [-0.2, -0.15) is 0 Å². The smallest absolute Gasteiger partial charge is 0.143 e. The second kappa shape index (κ2) is 11.4. The van der Waals surface area contributed by atoms with E-state index in [9.17, 15) is 0 Å². The Hall–Kier alpha value is -5.86. The first-order valence-electron chi connectivity index (χ1n) is 16.8. The van der Waals surface area contributed by atoms with Crippen molar-refractivity contribution in [3.05, 3.63) is 157 Å². The van der Waals surface area contributed by atoms with Crippen LogP contribution in [0.4, 0.5) is 0 Å². The molecule has 0 radical (unpaired) electrons. The first kappa shape index (κ1) is 28.4. The van der Waals surface area contributed by atoms with E-state index in [1.807, 2.05) is 6.07 Å². The van der Waals surface area contributed by atoms with Gasteiger partial charge in [-0.1, -0.05) is 135 Å². The van der Waals surface area contributed by atoms with Crippen LogP contribution in [0.1, 0.15) is 24.5 Å². The highest BCUT2D eigenvalue weighted by Crippen LogP contribution is 2.43. The summed E-state index contributed by atoms with van der Waals surface area (Å²) in [6.45, 7) is 4.47. The quantitative estimate of drug-likeness (QED) is 0.185. The fourth-order valence-electron chi connectivity index (χ4n) is 7.37. The zero-order valence-electron chi connectivity index (χ0n) is 27.1. The maximum Gasteiger partial charge on any atom is 0.143 e. The first-order valence-corrected chi connectivity index (χ1v) is 16.8. The number of para-hydroxylation sites is 2. The minimum atomic E-state index is 0.833.